The summed E-state index contributed by atoms with van der Waals surface area (Å²) >= 11 is 13.5. The first-order valence-corrected chi connectivity index (χ1v) is 12.3. The Labute approximate surface area is 222 Å². The third kappa shape index (κ3) is 5.92. The Morgan fingerprint density at radius 2 is 1.64 bits per heavy atom. The molecular formula is C27H19Cl2N3O3S. The van der Waals surface area contributed by atoms with Crippen molar-refractivity contribution in [2.24, 2.45) is 0 Å². The predicted molar refractivity (Wildman–Crippen MR) is 144 cm³/mol. The number of aliphatic carboxylic acids is 1. The molecule has 0 bridgehead atoms. The van der Waals surface area contributed by atoms with Crippen LogP contribution in [0.5, 0.6) is 0 Å². The van der Waals surface area contributed by atoms with Gasteiger partial charge in [0.25, 0.3) is 5.91 Å². The Morgan fingerprint density at radius 3 is 2.36 bits per heavy atom. The van der Waals surface area contributed by atoms with Gasteiger partial charge in [0.15, 0.2) is 0 Å². The molecule has 0 aliphatic carbocycles. The van der Waals surface area contributed by atoms with E-state index in [9.17, 15) is 20.0 Å². The van der Waals surface area contributed by atoms with Crippen LogP contribution in [0, 0.1) is 11.3 Å². The molecule has 0 unspecified atom stereocenters. The minimum atomic E-state index is -1.02. The maximum atomic E-state index is 13.1. The number of amides is 1. The number of fused-ring (bicyclic) bond motifs is 1. The summed E-state index contributed by atoms with van der Waals surface area (Å²) in [6.45, 7) is -0.0928. The van der Waals surface area contributed by atoms with E-state index in [0.717, 1.165) is 5.56 Å². The van der Waals surface area contributed by atoms with Gasteiger partial charge in [-0.15, -0.1) is 0 Å². The number of carboxylic acids is 1. The molecule has 4 rings (SSSR count). The zero-order chi connectivity index (χ0) is 25.7. The second kappa shape index (κ2) is 11.4. The fourth-order valence-corrected chi connectivity index (χ4v) is 5.46. The summed E-state index contributed by atoms with van der Waals surface area (Å²) < 4.78 is 1.62. The first-order chi connectivity index (χ1) is 17.4. The average molecular weight is 536 g/mol. The van der Waals surface area contributed by atoms with Crippen molar-refractivity contribution in [1.29, 1.82) is 5.26 Å². The molecular weight excluding hydrogens is 517 g/mol. The fraction of sp³-hybridized carbons (Fsp3) is 0.0741. The van der Waals surface area contributed by atoms with Gasteiger partial charge in [-0.05, 0) is 59.3 Å². The standard InChI is InChI=1S/C27H19Cl2N3O3S/c28-19-11-20(29)13-21(12-19)36-32(16-26(33)34)25-10-4-7-22-23(25)8-3-9-24(22)27(35)31-15-18-6-2-1-5-17(18)14-30/h1-13H,15-16H2,(H,31,35)(H,33,34). The van der Waals surface area contributed by atoms with Gasteiger partial charge in [0.2, 0.25) is 0 Å². The van der Waals surface area contributed by atoms with Gasteiger partial charge in [0.1, 0.15) is 6.54 Å². The number of hydrogen-bond acceptors (Lipinski definition) is 5. The molecule has 1 amide bonds. The van der Waals surface area contributed by atoms with Crippen molar-refractivity contribution in [1.82, 2.24) is 5.32 Å². The van der Waals surface area contributed by atoms with Crippen LogP contribution < -0.4 is 9.62 Å². The average Bonchev–Trinajstić information content (AvgIpc) is 2.85. The lowest BCUT2D eigenvalue weighted by atomic mass is 10.0. The number of anilines is 1. The molecule has 0 aliphatic heterocycles. The Bertz CT molecular complexity index is 1480. The fourth-order valence-electron chi connectivity index (χ4n) is 3.76. The molecule has 6 nitrogen and oxygen atoms in total. The topological polar surface area (TPSA) is 93.4 Å². The van der Waals surface area contributed by atoms with E-state index >= 15 is 0 Å². The van der Waals surface area contributed by atoms with E-state index in [-0.39, 0.29) is 19.0 Å². The van der Waals surface area contributed by atoms with Crippen LogP contribution in [0.15, 0.2) is 83.8 Å². The molecule has 0 heterocycles. The van der Waals surface area contributed by atoms with Crippen molar-refractivity contribution in [3.63, 3.8) is 0 Å². The van der Waals surface area contributed by atoms with Gasteiger partial charge in [0.05, 0.1) is 17.3 Å². The van der Waals surface area contributed by atoms with Gasteiger partial charge < -0.3 is 14.7 Å². The third-order valence-corrected chi connectivity index (χ3v) is 6.75. The van der Waals surface area contributed by atoms with Crippen LogP contribution in [-0.4, -0.2) is 23.5 Å². The largest absolute Gasteiger partial charge is 0.480 e. The highest BCUT2D eigenvalue weighted by molar-refractivity contribution is 8.00. The van der Waals surface area contributed by atoms with Crippen molar-refractivity contribution in [2.45, 2.75) is 11.4 Å². The quantitative estimate of drug-likeness (QED) is 0.248. The summed E-state index contributed by atoms with van der Waals surface area (Å²) in [6, 6.07) is 24.9. The molecule has 180 valence electrons. The highest BCUT2D eigenvalue weighted by Gasteiger charge is 2.19. The van der Waals surface area contributed by atoms with Crippen molar-refractivity contribution in [3.05, 3.63) is 106 Å². The first-order valence-electron chi connectivity index (χ1n) is 10.8. The third-order valence-electron chi connectivity index (χ3n) is 5.32. The molecule has 2 N–H and O–H groups in total. The number of halogens is 2. The van der Waals surface area contributed by atoms with Crippen molar-refractivity contribution in [3.8, 4) is 6.07 Å². The molecule has 0 spiro atoms. The number of hydrogen-bond donors (Lipinski definition) is 2. The smallest absolute Gasteiger partial charge is 0.324 e. The summed E-state index contributed by atoms with van der Waals surface area (Å²) in [7, 11) is 0. The highest BCUT2D eigenvalue weighted by Crippen LogP contribution is 2.37. The van der Waals surface area contributed by atoms with Gasteiger partial charge >= 0.3 is 5.97 Å². The van der Waals surface area contributed by atoms with Crippen molar-refractivity contribution >= 4 is 63.5 Å². The van der Waals surface area contributed by atoms with Gasteiger partial charge in [-0.3, -0.25) is 9.59 Å². The number of nitriles is 1. The molecule has 0 radical (unpaired) electrons. The van der Waals surface area contributed by atoms with Gasteiger partial charge in [-0.1, -0.05) is 65.7 Å². The minimum Gasteiger partial charge on any atom is -0.480 e. The monoisotopic (exact) mass is 535 g/mol. The molecule has 0 saturated carbocycles. The van der Waals surface area contributed by atoms with Crippen LogP contribution in [0.3, 0.4) is 0 Å². The predicted octanol–water partition coefficient (Wildman–Crippen LogP) is 6.55. The number of carbonyl (C=O) groups excluding carboxylic acids is 1. The van der Waals surface area contributed by atoms with Crippen molar-refractivity contribution < 1.29 is 14.7 Å². The zero-order valence-corrected chi connectivity index (χ0v) is 21.1. The van der Waals surface area contributed by atoms with Crippen LogP contribution in [0.25, 0.3) is 10.8 Å². The molecule has 0 saturated heterocycles. The molecule has 0 aromatic heterocycles. The van der Waals surface area contributed by atoms with E-state index in [1.54, 1.807) is 65.0 Å². The number of nitrogens with zero attached hydrogens (tertiary/aromatic N) is 2. The maximum absolute atomic E-state index is 13.1. The van der Waals surface area contributed by atoms with E-state index in [4.69, 9.17) is 23.2 Å². The van der Waals surface area contributed by atoms with Crippen LogP contribution in [0.1, 0.15) is 21.5 Å². The number of rotatable bonds is 8. The number of carboxylic acid groups (broad SMARTS) is 1. The molecule has 9 heteroatoms. The molecule has 0 fully saturated rings. The molecule has 0 aliphatic rings. The van der Waals surface area contributed by atoms with E-state index in [1.807, 2.05) is 18.2 Å². The summed E-state index contributed by atoms with van der Waals surface area (Å²) in [5.41, 5.74) is 2.29. The number of carbonyl (C=O) groups is 2. The Morgan fingerprint density at radius 1 is 0.944 bits per heavy atom. The summed E-state index contributed by atoms with van der Waals surface area (Å²) in [6.07, 6.45) is 0. The van der Waals surface area contributed by atoms with Gasteiger partial charge in [-0.2, -0.15) is 5.26 Å². The molecule has 4 aromatic rings. The van der Waals surface area contributed by atoms with Gasteiger partial charge in [0, 0.05) is 32.4 Å². The van der Waals surface area contributed by atoms with Crippen LogP contribution in [-0.2, 0) is 11.3 Å². The Hall–Kier alpha value is -3.70. The van der Waals surface area contributed by atoms with Crippen LogP contribution >= 0.6 is 35.1 Å². The highest BCUT2D eigenvalue weighted by atomic mass is 35.5. The zero-order valence-electron chi connectivity index (χ0n) is 18.7. The SMILES string of the molecule is N#Cc1ccccc1CNC(=O)c1cccc2c(N(CC(=O)O)Sc3cc(Cl)cc(Cl)c3)cccc12. The van der Waals surface area contributed by atoms with E-state index < -0.39 is 5.97 Å². The van der Waals surface area contributed by atoms with E-state index in [0.29, 0.717) is 42.5 Å². The lowest BCUT2D eigenvalue weighted by Gasteiger charge is -2.23. The minimum absolute atomic E-state index is 0.204. The second-order valence-electron chi connectivity index (χ2n) is 7.76. The van der Waals surface area contributed by atoms with E-state index in [1.165, 1.54) is 11.9 Å². The summed E-state index contributed by atoms with van der Waals surface area (Å²) in [5, 5.41) is 24.0. The van der Waals surface area contributed by atoms with Crippen molar-refractivity contribution in [2.75, 3.05) is 10.8 Å². The lowest BCUT2D eigenvalue weighted by molar-refractivity contribution is -0.135. The first kappa shape index (κ1) is 25.4. The Balaban J connectivity index is 1.68. The lowest BCUT2D eigenvalue weighted by Crippen LogP contribution is -2.24. The second-order valence-corrected chi connectivity index (χ2v) is 9.72. The summed E-state index contributed by atoms with van der Waals surface area (Å²) in [4.78, 5) is 25.5. The Kier molecular flexibility index (Phi) is 8.01. The van der Waals surface area contributed by atoms with E-state index in [2.05, 4.69) is 11.4 Å². The normalized spacial score (nSPS) is 10.6. The molecule has 0 atom stereocenters. The van der Waals surface area contributed by atoms with Crippen LogP contribution in [0.2, 0.25) is 10.0 Å². The maximum Gasteiger partial charge on any atom is 0.324 e. The molecule has 4 aromatic carbocycles. The van der Waals surface area contributed by atoms with Gasteiger partial charge in [-0.25, -0.2) is 0 Å². The number of nitrogens with one attached hydrogen (secondary N) is 1. The van der Waals surface area contributed by atoms with Crippen LogP contribution in [0.4, 0.5) is 5.69 Å². The number of benzene rings is 4. The summed E-state index contributed by atoms with van der Waals surface area (Å²) in [5.74, 6) is -1.32. The molecule has 36 heavy (non-hydrogen) atoms.